The highest BCUT2D eigenvalue weighted by atomic mass is 127. The minimum atomic E-state index is -0.397. The summed E-state index contributed by atoms with van der Waals surface area (Å²) in [5.74, 6) is 0.706. The van der Waals surface area contributed by atoms with Crippen LogP contribution in [0.4, 0.5) is 0 Å². The van der Waals surface area contributed by atoms with Crippen molar-refractivity contribution in [2.75, 3.05) is 7.11 Å². The molecule has 0 aliphatic carbocycles. The molecular formula is C23H17IO6. The molecule has 0 spiro atoms. The Bertz CT molecular complexity index is 1280. The number of hydrogen-bond acceptors (Lipinski definition) is 6. The Balaban J connectivity index is 1.78. The predicted octanol–water partition coefficient (Wildman–Crippen LogP) is 5.06. The van der Waals surface area contributed by atoms with Gasteiger partial charge >= 0.3 is 0 Å². The van der Waals surface area contributed by atoms with E-state index in [9.17, 15) is 15.0 Å². The number of methoxy groups -OCH3 is 1. The van der Waals surface area contributed by atoms with Gasteiger partial charge in [-0.05, 0) is 46.4 Å². The van der Waals surface area contributed by atoms with Gasteiger partial charge in [-0.1, -0.05) is 30.3 Å². The van der Waals surface area contributed by atoms with Gasteiger partial charge in [0.2, 0.25) is 0 Å². The van der Waals surface area contributed by atoms with Gasteiger partial charge in [0.15, 0.2) is 16.9 Å². The van der Waals surface area contributed by atoms with E-state index in [1.54, 1.807) is 18.2 Å². The summed E-state index contributed by atoms with van der Waals surface area (Å²) in [6.45, 7) is 0.304. The monoisotopic (exact) mass is 516 g/mol. The van der Waals surface area contributed by atoms with Crippen LogP contribution in [0.25, 0.3) is 22.3 Å². The number of aromatic hydroxyl groups is 2. The smallest absolute Gasteiger partial charge is 0.197 e. The average Bonchev–Trinajstić information content (AvgIpc) is 2.75. The number of halogens is 1. The number of phenolic OH excluding ortho intramolecular Hbond substituents is 2. The quantitative estimate of drug-likeness (QED) is 0.361. The Morgan fingerprint density at radius 2 is 1.77 bits per heavy atom. The normalized spacial score (nSPS) is 10.9. The molecule has 4 aromatic rings. The Labute approximate surface area is 185 Å². The number of hydrogen-bond donors (Lipinski definition) is 2. The second-order valence-corrected chi connectivity index (χ2v) is 7.62. The zero-order valence-corrected chi connectivity index (χ0v) is 18.0. The standard InChI is InChI=1S/C23H17IO6/c1-28-17-8-7-14(9-15(17)25)18-10-16(26)21-19(30-18)11-20(22(24)23(21)27)29-12-13-5-3-2-4-6-13/h2-11,25,27H,12H2,1H3. The van der Waals surface area contributed by atoms with Gasteiger partial charge in [0.1, 0.15) is 34.8 Å². The van der Waals surface area contributed by atoms with Crippen LogP contribution in [0.2, 0.25) is 0 Å². The van der Waals surface area contributed by atoms with E-state index in [1.807, 2.05) is 52.9 Å². The van der Waals surface area contributed by atoms with Crippen LogP contribution in [0, 0.1) is 3.57 Å². The zero-order valence-electron chi connectivity index (χ0n) is 15.9. The van der Waals surface area contributed by atoms with E-state index in [1.165, 1.54) is 19.2 Å². The Morgan fingerprint density at radius 3 is 2.47 bits per heavy atom. The third kappa shape index (κ3) is 3.80. The second kappa shape index (κ2) is 8.27. The Kier molecular flexibility index (Phi) is 5.54. The summed E-state index contributed by atoms with van der Waals surface area (Å²) in [6, 6.07) is 17.2. The molecule has 4 rings (SSSR count). The van der Waals surface area contributed by atoms with Crippen LogP contribution in [0.3, 0.4) is 0 Å². The van der Waals surface area contributed by atoms with Crippen LogP contribution in [-0.2, 0) is 6.61 Å². The molecule has 30 heavy (non-hydrogen) atoms. The van der Waals surface area contributed by atoms with E-state index < -0.39 is 5.43 Å². The molecule has 1 heterocycles. The van der Waals surface area contributed by atoms with E-state index in [0.29, 0.717) is 27.2 Å². The number of ether oxygens (including phenoxy) is 2. The lowest BCUT2D eigenvalue weighted by molar-refractivity contribution is 0.302. The molecule has 7 heteroatoms. The maximum Gasteiger partial charge on any atom is 0.197 e. The second-order valence-electron chi connectivity index (χ2n) is 6.55. The van der Waals surface area contributed by atoms with Crippen LogP contribution in [0.15, 0.2) is 69.9 Å². The van der Waals surface area contributed by atoms with Crippen LogP contribution in [0.1, 0.15) is 5.56 Å². The molecule has 0 radical (unpaired) electrons. The topological polar surface area (TPSA) is 89.1 Å². The molecule has 0 atom stereocenters. The largest absolute Gasteiger partial charge is 0.506 e. The van der Waals surface area contributed by atoms with Crippen LogP contribution < -0.4 is 14.9 Å². The maximum absolute atomic E-state index is 12.7. The highest BCUT2D eigenvalue weighted by molar-refractivity contribution is 14.1. The summed E-state index contributed by atoms with van der Waals surface area (Å²) >= 11 is 1.94. The van der Waals surface area contributed by atoms with Gasteiger partial charge in [0.25, 0.3) is 0 Å². The van der Waals surface area contributed by atoms with Crippen molar-refractivity contribution in [3.05, 3.63) is 80.0 Å². The van der Waals surface area contributed by atoms with Crippen molar-refractivity contribution in [3.8, 4) is 34.3 Å². The first-order valence-electron chi connectivity index (χ1n) is 9.01. The summed E-state index contributed by atoms with van der Waals surface area (Å²) < 4.78 is 17.2. The van der Waals surface area contributed by atoms with Crippen molar-refractivity contribution in [1.82, 2.24) is 0 Å². The van der Waals surface area contributed by atoms with Gasteiger partial charge in [0, 0.05) is 17.7 Å². The summed E-state index contributed by atoms with van der Waals surface area (Å²) in [7, 11) is 1.45. The molecule has 0 bridgehead atoms. The lowest BCUT2D eigenvalue weighted by atomic mass is 10.1. The fraction of sp³-hybridized carbons (Fsp3) is 0.0870. The highest BCUT2D eigenvalue weighted by Crippen LogP contribution is 2.38. The van der Waals surface area contributed by atoms with E-state index in [0.717, 1.165) is 5.56 Å². The SMILES string of the molecule is COc1ccc(-c2cc(=O)c3c(O)c(I)c(OCc4ccccc4)cc3o2)cc1O. The van der Waals surface area contributed by atoms with Crippen LogP contribution in [0.5, 0.6) is 23.0 Å². The first-order chi connectivity index (χ1) is 14.5. The molecule has 0 saturated carbocycles. The van der Waals surface area contributed by atoms with Crippen LogP contribution in [-0.4, -0.2) is 17.3 Å². The van der Waals surface area contributed by atoms with Crippen molar-refractivity contribution in [1.29, 1.82) is 0 Å². The molecule has 0 saturated heterocycles. The van der Waals surface area contributed by atoms with E-state index >= 15 is 0 Å². The van der Waals surface area contributed by atoms with Gasteiger partial charge in [0.05, 0.1) is 10.7 Å². The molecule has 2 N–H and O–H groups in total. The lowest BCUT2D eigenvalue weighted by Gasteiger charge is -2.12. The Morgan fingerprint density at radius 1 is 1.00 bits per heavy atom. The minimum Gasteiger partial charge on any atom is -0.506 e. The van der Waals surface area contributed by atoms with Crippen LogP contribution >= 0.6 is 22.6 Å². The third-order valence-corrected chi connectivity index (χ3v) is 5.64. The fourth-order valence-electron chi connectivity index (χ4n) is 3.08. The molecule has 0 aliphatic heterocycles. The van der Waals surface area contributed by atoms with Gasteiger partial charge in [-0.2, -0.15) is 0 Å². The fourth-order valence-corrected chi connectivity index (χ4v) is 3.66. The number of benzene rings is 3. The molecule has 3 aromatic carbocycles. The first-order valence-corrected chi connectivity index (χ1v) is 10.1. The van der Waals surface area contributed by atoms with Crippen molar-refractivity contribution in [2.24, 2.45) is 0 Å². The summed E-state index contributed by atoms with van der Waals surface area (Å²) in [4.78, 5) is 12.7. The summed E-state index contributed by atoms with van der Waals surface area (Å²) in [5, 5.41) is 20.7. The molecule has 1 aromatic heterocycles. The molecule has 6 nitrogen and oxygen atoms in total. The molecular weight excluding hydrogens is 499 g/mol. The average molecular weight is 516 g/mol. The molecule has 0 aliphatic rings. The highest BCUT2D eigenvalue weighted by Gasteiger charge is 2.18. The van der Waals surface area contributed by atoms with Gasteiger partial charge < -0.3 is 24.1 Å². The molecule has 0 unspecified atom stereocenters. The molecule has 152 valence electrons. The van der Waals surface area contributed by atoms with Gasteiger partial charge in [-0.25, -0.2) is 0 Å². The number of phenols is 2. The van der Waals surface area contributed by atoms with Gasteiger partial charge in [-0.3, -0.25) is 4.79 Å². The third-order valence-electron chi connectivity index (χ3n) is 4.60. The van der Waals surface area contributed by atoms with Gasteiger partial charge in [-0.15, -0.1) is 0 Å². The van der Waals surface area contributed by atoms with E-state index in [2.05, 4.69) is 0 Å². The summed E-state index contributed by atoms with van der Waals surface area (Å²) in [5.41, 5.74) is 1.26. The molecule has 0 amide bonds. The first kappa shape index (κ1) is 20.1. The zero-order chi connectivity index (χ0) is 21.3. The number of rotatable bonds is 5. The van der Waals surface area contributed by atoms with Crippen molar-refractivity contribution in [3.63, 3.8) is 0 Å². The lowest BCUT2D eigenvalue weighted by Crippen LogP contribution is -2.03. The number of fused-ring (bicyclic) bond motifs is 1. The maximum atomic E-state index is 12.7. The van der Waals surface area contributed by atoms with E-state index in [-0.39, 0.29) is 28.2 Å². The Hall–Kier alpha value is -3.20. The van der Waals surface area contributed by atoms with E-state index in [4.69, 9.17) is 13.9 Å². The van der Waals surface area contributed by atoms with Crippen molar-refractivity contribution >= 4 is 33.6 Å². The van der Waals surface area contributed by atoms with Crippen molar-refractivity contribution in [2.45, 2.75) is 6.61 Å². The molecule has 0 fully saturated rings. The predicted molar refractivity (Wildman–Crippen MR) is 121 cm³/mol. The summed E-state index contributed by atoms with van der Waals surface area (Å²) in [6.07, 6.45) is 0. The van der Waals surface area contributed by atoms with Crippen molar-refractivity contribution < 1.29 is 24.1 Å². The minimum absolute atomic E-state index is 0.0740.